The molecule has 0 aliphatic carbocycles. The van der Waals surface area contributed by atoms with Crippen LogP contribution in [-0.2, 0) is 0 Å². The van der Waals surface area contributed by atoms with Gasteiger partial charge < -0.3 is 9.47 Å². The molecule has 9 heteroatoms. The Morgan fingerprint density at radius 1 is 1.18 bits per heavy atom. The van der Waals surface area contributed by atoms with E-state index in [0.29, 0.717) is 39.3 Å². The lowest BCUT2D eigenvalue weighted by atomic mass is 9.99. The number of rotatable bonds is 7. The molecule has 0 aliphatic heterocycles. The van der Waals surface area contributed by atoms with Gasteiger partial charge in [0, 0.05) is 20.4 Å². The molecule has 2 aromatic carbocycles. The van der Waals surface area contributed by atoms with E-state index in [1.807, 2.05) is 25.1 Å². The van der Waals surface area contributed by atoms with E-state index in [2.05, 4.69) is 80.6 Å². The second kappa shape index (κ2) is 10.9. The van der Waals surface area contributed by atoms with Crippen molar-refractivity contribution in [3.63, 3.8) is 0 Å². The molecule has 0 fully saturated rings. The smallest absolute Gasteiger partial charge is 0.282 e. The first-order valence-electron chi connectivity index (χ1n) is 10.9. The van der Waals surface area contributed by atoms with Crippen molar-refractivity contribution in [2.24, 2.45) is 10.5 Å². The third-order valence-electron chi connectivity index (χ3n) is 5.22. The minimum Gasteiger partial charge on any atom is -0.493 e. The van der Waals surface area contributed by atoms with Crippen LogP contribution in [0.3, 0.4) is 0 Å². The Bertz CT molecular complexity index is 1300. The molecule has 34 heavy (non-hydrogen) atoms. The fraction of sp³-hybridized carbons (Fsp3) is 0.400. The molecule has 0 amide bonds. The Hall–Kier alpha value is -1.71. The molecule has 6 nitrogen and oxygen atoms in total. The van der Waals surface area contributed by atoms with Crippen molar-refractivity contribution >= 4 is 64.9 Å². The Morgan fingerprint density at radius 3 is 2.50 bits per heavy atom. The number of aromatic nitrogens is 2. The standard InChI is InChI=1S/C25H28Br3N3O3/c1-7-14(2)23-30-18-9-8-16(26)11-17(18)24(32)31(23)29-12-15-10-19(33-6)22(21(28)20(15)27)34-13-25(3,4)5/h8-12,14H,7,13H2,1-6H3/t14-/m0/s1. The van der Waals surface area contributed by atoms with Gasteiger partial charge in [-0.1, -0.05) is 50.5 Å². The van der Waals surface area contributed by atoms with Gasteiger partial charge in [0.05, 0.1) is 35.3 Å². The van der Waals surface area contributed by atoms with Crippen LogP contribution in [0.15, 0.2) is 47.6 Å². The number of fused-ring (bicyclic) bond motifs is 1. The molecule has 1 aromatic heterocycles. The van der Waals surface area contributed by atoms with E-state index in [1.54, 1.807) is 19.4 Å². The summed E-state index contributed by atoms with van der Waals surface area (Å²) < 4.78 is 15.3. The summed E-state index contributed by atoms with van der Waals surface area (Å²) in [5.41, 5.74) is 1.15. The lowest BCUT2D eigenvalue weighted by Crippen LogP contribution is -2.23. The van der Waals surface area contributed by atoms with Crippen LogP contribution >= 0.6 is 47.8 Å². The van der Waals surface area contributed by atoms with Crippen molar-refractivity contribution in [2.75, 3.05) is 13.7 Å². The summed E-state index contributed by atoms with van der Waals surface area (Å²) in [7, 11) is 1.59. The van der Waals surface area contributed by atoms with Gasteiger partial charge in [-0.15, -0.1) is 0 Å². The molecule has 0 bridgehead atoms. The molecular formula is C25H28Br3N3O3. The highest BCUT2D eigenvalue weighted by Crippen LogP contribution is 2.43. The molecule has 0 aliphatic rings. The second-order valence-electron chi connectivity index (χ2n) is 9.28. The average Bonchev–Trinajstić information content (AvgIpc) is 2.79. The van der Waals surface area contributed by atoms with Crippen LogP contribution in [0.1, 0.15) is 58.3 Å². The summed E-state index contributed by atoms with van der Waals surface area (Å²) in [6.45, 7) is 10.9. The molecule has 1 heterocycles. The highest BCUT2D eigenvalue weighted by atomic mass is 79.9. The molecule has 3 rings (SSSR count). The lowest BCUT2D eigenvalue weighted by molar-refractivity contribution is 0.190. The normalized spacial score (nSPS) is 13.0. The first-order valence-corrected chi connectivity index (χ1v) is 13.3. The van der Waals surface area contributed by atoms with Crippen molar-refractivity contribution < 1.29 is 9.47 Å². The number of benzene rings is 2. The molecule has 0 N–H and O–H groups in total. The van der Waals surface area contributed by atoms with E-state index in [-0.39, 0.29) is 16.9 Å². The van der Waals surface area contributed by atoms with Crippen LogP contribution < -0.4 is 15.0 Å². The first kappa shape index (κ1) is 26.9. The SMILES string of the molecule is CC[C@H](C)c1nc2ccc(Br)cc2c(=O)n1N=Cc1cc(OC)c(OCC(C)(C)C)c(Br)c1Br. The molecule has 0 saturated carbocycles. The van der Waals surface area contributed by atoms with Crippen LogP contribution in [0.5, 0.6) is 11.5 Å². The van der Waals surface area contributed by atoms with Crippen molar-refractivity contribution in [3.8, 4) is 11.5 Å². The second-order valence-corrected chi connectivity index (χ2v) is 11.8. The van der Waals surface area contributed by atoms with Crippen LogP contribution in [-0.4, -0.2) is 29.6 Å². The summed E-state index contributed by atoms with van der Waals surface area (Å²) in [6, 6.07) is 7.33. The third kappa shape index (κ3) is 5.91. The van der Waals surface area contributed by atoms with E-state index in [4.69, 9.17) is 14.5 Å². The molecule has 182 valence electrons. The van der Waals surface area contributed by atoms with Gasteiger partial charge in [0.15, 0.2) is 11.5 Å². The molecule has 0 radical (unpaired) electrons. The molecule has 3 aromatic rings. The average molecular weight is 658 g/mol. The fourth-order valence-electron chi connectivity index (χ4n) is 3.17. The summed E-state index contributed by atoms with van der Waals surface area (Å²) in [5, 5.41) is 5.07. The summed E-state index contributed by atoms with van der Waals surface area (Å²) >= 11 is 10.7. The van der Waals surface area contributed by atoms with Gasteiger partial charge >= 0.3 is 0 Å². The minimum atomic E-state index is -0.217. The zero-order valence-corrected chi connectivity index (χ0v) is 24.8. The zero-order valence-electron chi connectivity index (χ0n) is 20.1. The van der Waals surface area contributed by atoms with Crippen LogP contribution in [0.25, 0.3) is 10.9 Å². The van der Waals surface area contributed by atoms with Crippen molar-refractivity contribution in [1.82, 2.24) is 9.66 Å². The maximum absolute atomic E-state index is 13.4. The minimum absolute atomic E-state index is 0.0112. The third-order valence-corrected chi connectivity index (χ3v) is 7.86. The van der Waals surface area contributed by atoms with Crippen molar-refractivity contribution in [3.05, 3.63) is 59.4 Å². The van der Waals surface area contributed by atoms with Gasteiger partial charge in [0.2, 0.25) is 0 Å². The van der Waals surface area contributed by atoms with Gasteiger partial charge in [0.1, 0.15) is 5.82 Å². The fourth-order valence-corrected chi connectivity index (χ4v) is 4.47. The largest absolute Gasteiger partial charge is 0.493 e. The summed E-state index contributed by atoms with van der Waals surface area (Å²) in [5.74, 6) is 1.84. The zero-order chi connectivity index (χ0) is 25.2. The lowest BCUT2D eigenvalue weighted by Gasteiger charge is -2.21. The topological polar surface area (TPSA) is 65.7 Å². The summed E-state index contributed by atoms with van der Waals surface area (Å²) in [4.78, 5) is 18.1. The molecule has 1 atom stereocenters. The molecule has 0 spiro atoms. The molecule has 0 unspecified atom stereocenters. The number of hydrogen-bond donors (Lipinski definition) is 0. The van der Waals surface area contributed by atoms with E-state index >= 15 is 0 Å². The predicted molar refractivity (Wildman–Crippen MR) is 149 cm³/mol. The van der Waals surface area contributed by atoms with Gasteiger partial charge in [-0.05, 0) is 68.0 Å². The maximum atomic E-state index is 13.4. The van der Waals surface area contributed by atoms with Crippen LogP contribution in [0.4, 0.5) is 0 Å². The number of methoxy groups -OCH3 is 1. The van der Waals surface area contributed by atoms with E-state index in [0.717, 1.165) is 20.9 Å². The van der Waals surface area contributed by atoms with Crippen LogP contribution in [0.2, 0.25) is 0 Å². The predicted octanol–water partition coefficient (Wildman–Crippen LogP) is 7.51. The van der Waals surface area contributed by atoms with Gasteiger partial charge in [-0.2, -0.15) is 9.78 Å². The van der Waals surface area contributed by atoms with Crippen molar-refractivity contribution in [2.45, 2.75) is 47.0 Å². The Balaban J connectivity index is 2.13. The van der Waals surface area contributed by atoms with Gasteiger partial charge in [0.25, 0.3) is 5.56 Å². The number of halogens is 3. The number of ether oxygens (including phenoxy) is 2. The Morgan fingerprint density at radius 2 is 1.88 bits per heavy atom. The Labute approximate surface area is 225 Å². The quantitative estimate of drug-likeness (QED) is 0.247. The van der Waals surface area contributed by atoms with Crippen molar-refractivity contribution in [1.29, 1.82) is 0 Å². The van der Waals surface area contributed by atoms with Gasteiger partial charge in [-0.25, -0.2) is 4.98 Å². The van der Waals surface area contributed by atoms with Crippen LogP contribution in [0, 0.1) is 5.41 Å². The number of hydrogen-bond acceptors (Lipinski definition) is 5. The van der Waals surface area contributed by atoms with E-state index < -0.39 is 0 Å². The maximum Gasteiger partial charge on any atom is 0.282 e. The Kier molecular flexibility index (Phi) is 8.63. The first-order chi connectivity index (χ1) is 16.0. The highest BCUT2D eigenvalue weighted by Gasteiger charge is 2.20. The van der Waals surface area contributed by atoms with E-state index in [9.17, 15) is 4.79 Å². The number of nitrogens with zero attached hydrogens (tertiary/aromatic N) is 3. The summed E-state index contributed by atoms with van der Waals surface area (Å²) in [6.07, 6.45) is 2.45. The molecule has 0 saturated heterocycles. The van der Waals surface area contributed by atoms with Gasteiger partial charge in [-0.3, -0.25) is 4.79 Å². The monoisotopic (exact) mass is 655 g/mol. The highest BCUT2D eigenvalue weighted by molar-refractivity contribution is 9.13. The molecular weight excluding hydrogens is 630 g/mol. The van der Waals surface area contributed by atoms with E-state index in [1.165, 1.54) is 4.68 Å².